The number of hydrogen-bond donors (Lipinski definition) is 3. The van der Waals surface area contributed by atoms with E-state index in [1.54, 1.807) is 20.8 Å². The number of aliphatic hydroxyl groups is 1. The molecule has 1 unspecified atom stereocenters. The first-order valence-electron chi connectivity index (χ1n) is 5.69. The van der Waals surface area contributed by atoms with Crippen LogP contribution >= 0.6 is 0 Å². The predicted octanol–water partition coefficient (Wildman–Crippen LogP) is 1.26. The zero-order valence-corrected chi connectivity index (χ0v) is 11.0. The molecule has 0 heterocycles. The van der Waals surface area contributed by atoms with Gasteiger partial charge in [0.25, 0.3) is 5.69 Å². The van der Waals surface area contributed by atoms with E-state index in [4.69, 9.17) is 5.73 Å². The van der Waals surface area contributed by atoms with Gasteiger partial charge in [0.05, 0.1) is 16.6 Å². The van der Waals surface area contributed by atoms with E-state index >= 15 is 0 Å². The molecule has 7 nitrogen and oxygen atoms in total. The van der Waals surface area contributed by atoms with Crippen LogP contribution in [0.15, 0.2) is 18.2 Å². The van der Waals surface area contributed by atoms with E-state index in [2.05, 4.69) is 5.32 Å². The molecule has 0 fully saturated rings. The van der Waals surface area contributed by atoms with Gasteiger partial charge < -0.3 is 16.2 Å². The summed E-state index contributed by atoms with van der Waals surface area (Å²) in [6, 6.07) is 3.92. The van der Waals surface area contributed by atoms with Crippen LogP contribution < -0.4 is 11.1 Å². The van der Waals surface area contributed by atoms with Crippen LogP contribution in [0.4, 0.5) is 11.4 Å². The van der Waals surface area contributed by atoms with Crippen molar-refractivity contribution in [2.75, 3.05) is 5.32 Å². The zero-order valence-electron chi connectivity index (χ0n) is 11.0. The number of nitrogens with two attached hydrogens (primary N) is 1. The largest absolute Gasteiger partial charge is 0.391 e. The third-order valence-electron chi connectivity index (χ3n) is 2.98. The number of nitro groups is 1. The van der Waals surface area contributed by atoms with Crippen molar-refractivity contribution in [3.05, 3.63) is 33.9 Å². The van der Waals surface area contributed by atoms with Gasteiger partial charge in [-0.3, -0.25) is 14.9 Å². The lowest BCUT2D eigenvalue weighted by molar-refractivity contribution is -0.384. The van der Waals surface area contributed by atoms with E-state index in [9.17, 15) is 20.0 Å². The fourth-order valence-electron chi connectivity index (χ4n) is 1.39. The van der Waals surface area contributed by atoms with Crippen molar-refractivity contribution >= 4 is 17.3 Å². The van der Waals surface area contributed by atoms with Gasteiger partial charge in [0.2, 0.25) is 5.91 Å². The summed E-state index contributed by atoms with van der Waals surface area (Å²) in [4.78, 5) is 21.4. The van der Waals surface area contributed by atoms with Gasteiger partial charge in [-0.25, -0.2) is 0 Å². The number of aliphatic hydroxyl groups excluding tert-OH is 1. The molecule has 104 valence electrons. The molecule has 0 aromatic heterocycles. The van der Waals surface area contributed by atoms with Crippen molar-refractivity contribution in [1.29, 1.82) is 0 Å². The summed E-state index contributed by atoms with van der Waals surface area (Å²) in [6.45, 7) is 5.00. The molecule has 1 aromatic carbocycles. The first-order chi connectivity index (χ1) is 8.65. The molecule has 1 aromatic rings. The third kappa shape index (κ3) is 3.41. The summed E-state index contributed by atoms with van der Waals surface area (Å²) in [5, 5.41) is 23.5. The van der Waals surface area contributed by atoms with Crippen molar-refractivity contribution in [1.82, 2.24) is 0 Å². The van der Waals surface area contributed by atoms with E-state index in [0.29, 0.717) is 0 Å². The number of carbonyl (C=O) groups excluding carboxylic acids is 1. The highest BCUT2D eigenvalue weighted by molar-refractivity contribution is 5.94. The lowest BCUT2D eigenvalue weighted by Crippen LogP contribution is -2.42. The number of amides is 1. The summed E-state index contributed by atoms with van der Waals surface area (Å²) in [5.41, 5.74) is 4.36. The summed E-state index contributed by atoms with van der Waals surface area (Å²) in [6.07, 6.45) is -0.720. The van der Waals surface area contributed by atoms with Gasteiger partial charge >= 0.3 is 0 Å². The second-order valence-electron chi connectivity index (χ2n) is 4.88. The number of carbonyl (C=O) groups is 1. The Morgan fingerprint density at radius 1 is 1.53 bits per heavy atom. The van der Waals surface area contributed by atoms with Gasteiger partial charge in [0.1, 0.15) is 5.69 Å². The number of benzene rings is 1. The van der Waals surface area contributed by atoms with Crippen LogP contribution in [0.5, 0.6) is 0 Å². The monoisotopic (exact) mass is 267 g/mol. The zero-order chi connectivity index (χ0) is 14.8. The lowest BCUT2D eigenvalue weighted by Gasteiger charge is -2.30. The van der Waals surface area contributed by atoms with Crippen LogP contribution in [0.3, 0.4) is 0 Å². The Hall–Kier alpha value is -2.15. The molecule has 0 saturated heterocycles. The number of primary amides is 1. The summed E-state index contributed by atoms with van der Waals surface area (Å²) in [7, 11) is 0. The van der Waals surface area contributed by atoms with Gasteiger partial charge in [-0.1, -0.05) is 0 Å². The Bertz CT molecular complexity index is 512. The molecular weight excluding hydrogens is 250 g/mol. The normalized spacial score (nSPS) is 12.8. The minimum Gasteiger partial charge on any atom is -0.391 e. The predicted molar refractivity (Wildman–Crippen MR) is 71.0 cm³/mol. The molecule has 0 aliphatic carbocycles. The van der Waals surface area contributed by atoms with Gasteiger partial charge in [-0.15, -0.1) is 0 Å². The van der Waals surface area contributed by atoms with Crippen LogP contribution in [0.1, 0.15) is 31.1 Å². The minimum absolute atomic E-state index is 0.0621. The maximum atomic E-state index is 11.0. The molecule has 0 radical (unpaired) electrons. The highest BCUT2D eigenvalue weighted by Gasteiger charge is 2.27. The maximum Gasteiger partial charge on any atom is 0.293 e. The molecule has 0 bridgehead atoms. The van der Waals surface area contributed by atoms with Crippen molar-refractivity contribution in [2.45, 2.75) is 32.4 Å². The standard InChI is InChI=1S/C12H17N3O4/c1-7(16)12(2,3)14-9-5-4-8(11(13)17)6-10(9)15(18)19/h4-7,14,16H,1-3H3,(H2,13,17). The molecule has 0 aliphatic heterocycles. The summed E-state index contributed by atoms with van der Waals surface area (Å²) in [5.74, 6) is -0.732. The SMILES string of the molecule is CC(O)C(C)(C)Nc1ccc(C(N)=O)cc1[N+](=O)[O-]. The summed E-state index contributed by atoms with van der Waals surface area (Å²) < 4.78 is 0. The highest BCUT2D eigenvalue weighted by Crippen LogP contribution is 2.29. The Balaban J connectivity index is 3.21. The Morgan fingerprint density at radius 2 is 2.11 bits per heavy atom. The molecule has 1 amide bonds. The van der Waals surface area contributed by atoms with E-state index in [0.717, 1.165) is 6.07 Å². The molecule has 7 heteroatoms. The topological polar surface area (TPSA) is 118 Å². The van der Waals surface area contributed by atoms with Crippen molar-refractivity contribution < 1.29 is 14.8 Å². The van der Waals surface area contributed by atoms with Crippen molar-refractivity contribution in [3.63, 3.8) is 0 Å². The second-order valence-corrected chi connectivity index (χ2v) is 4.88. The number of anilines is 1. The van der Waals surface area contributed by atoms with E-state index in [1.165, 1.54) is 12.1 Å². The van der Waals surface area contributed by atoms with Gasteiger partial charge in [0, 0.05) is 11.6 Å². The fourth-order valence-corrected chi connectivity index (χ4v) is 1.39. The quantitative estimate of drug-likeness (QED) is 0.548. The van der Waals surface area contributed by atoms with E-state index in [-0.39, 0.29) is 16.9 Å². The molecule has 1 atom stereocenters. The van der Waals surface area contributed by atoms with E-state index in [1.807, 2.05) is 0 Å². The molecule has 0 aliphatic rings. The van der Waals surface area contributed by atoms with Gasteiger partial charge in [0.15, 0.2) is 0 Å². The van der Waals surface area contributed by atoms with Crippen molar-refractivity contribution in [3.8, 4) is 0 Å². The fraction of sp³-hybridized carbons (Fsp3) is 0.417. The van der Waals surface area contributed by atoms with Crippen LogP contribution in [0, 0.1) is 10.1 Å². The first kappa shape index (κ1) is 14.9. The molecular formula is C12H17N3O4. The molecule has 0 spiro atoms. The third-order valence-corrected chi connectivity index (χ3v) is 2.98. The highest BCUT2D eigenvalue weighted by atomic mass is 16.6. The molecule has 1 rings (SSSR count). The number of nitrogens with zero attached hydrogens (tertiary/aromatic N) is 1. The first-order valence-corrected chi connectivity index (χ1v) is 5.69. The summed E-state index contributed by atoms with van der Waals surface area (Å²) >= 11 is 0. The smallest absolute Gasteiger partial charge is 0.293 e. The van der Waals surface area contributed by atoms with E-state index < -0.39 is 22.5 Å². The Morgan fingerprint density at radius 3 is 2.53 bits per heavy atom. The molecule has 0 saturated carbocycles. The van der Waals surface area contributed by atoms with Crippen LogP contribution in [0.2, 0.25) is 0 Å². The van der Waals surface area contributed by atoms with Crippen LogP contribution in [-0.4, -0.2) is 27.6 Å². The van der Waals surface area contributed by atoms with Gasteiger partial charge in [-0.05, 0) is 32.9 Å². The number of nitrogens with one attached hydrogen (secondary N) is 1. The van der Waals surface area contributed by atoms with Gasteiger partial charge in [-0.2, -0.15) is 0 Å². The molecule has 19 heavy (non-hydrogen) atoms. The maximum absolute atomic E-state index is 11.0. The molecule has 4 N–H and O–H groups in total. The van der Waals surface area contributed by atoms with Crippen LogP contribution in [-0.2, 0) is 0 Å². The van der Waals surface area contributed by atoms with Crippen molar-refractivity contribution in [2.24, 2.45) is 5.73 Å². The Labute approximate surface area is 110 Å². The number of rotatable bonds is 5. The average molecular weight is 267 g/mol. The number of nitro benzene ring substituents is 1. The second kappa shape index (κ2) is 5.23. The van der Waals surface area contributed by atoms with Crippen LogP contribution in [0.25, 0.3) is 0 Å². The Kier molecular flexibility index (Phi) is 4.10. The lowest BCUT2D eigenvalue weighted by atomic mass is 9.98. The average Bonchev–Trinajstić information content (AvgIpc) is 2.28. The number of hydrogen-bond acceptors (Lipinski definition) is 5. The minimum atomic E-state index is -0.751.